The van der Waals surface area contributed by atoms with Gasteiger partial charge in [-0.05, 0) is 12.5 Å². The molecule has 0 bridgehead atoms. The van der Waals surface area contributed by atoms with Crippen LogP contribution in [-0.2, 0) is 0 Å². The summed E-state index contributed by atoms with van der Waals surface area (Å²) in [6, 6.07) is 5.92. The Kier molecular flexibility index (Phi) is 1.81. The van der Waals surface area contributed by atoms with E-state index in [1.54, 1.807) is 0 Å². The number of nitrogen functional groups attached to an aromatic ring is 1. The summed E-state index contributed by atoms with van der Waals surface area (Å²) >= 11 is 1.46. The largest absolute Gasteiger partial charge is 0.397 e. The van der Waals surface area contributed by atoms with Crippen molar-refractivity contribution in [2.75, 3.05) is 5.73 Å². The van der Waals surface area contributed by atoms with Gasteiger partial charge in [-0.3, -0.25) is 4.79 Å². The monoisotopic (exact) mass is 191 g/mol. The SMILES string of the molecule is Cc1cccc2c(N)c(C=O)sc12. The van der Waals surface area contributed by atoms with Crippen LogP contribution in [0.1, 0.15) is 15.2 Å². The minimum atomic E-state index is 0.610. The minimum absolute atomic E-state index is 0.610. The summed E-state index contributed by atoms with van der Waals surface area (Å²) < 4.78 is 1.11. The van der Waals surface area contributed by atoms with Gasteiger partial charge in [-0.1, -0.05) is 18.2 Å². The van der Waals surface area contributed by atoms with Gasteiger partial charge in [0.2, 0.25) is 0 Å². The van der Waals surface area contributed by atoms with E-state index in [1.807, 2.05) is 25.1 Å². The van der Waals surface area contributed by atoms with Crippen LogP contribution in [0.15, 0.2) is 18.2 Å². The van der Waals surface area contributed by atoms with Gasteiger partial charge in [-0.15, -0.1) is 11.3 Å². The first-order chi connectivity index (χ1) is 6.24. The minimum Gasteiger partial charge on any atom is -0.397 e. The first-order valence-electron chi connectivity index (χ1n) is 3.97. The molecule has 3 heteroatoms. The van der Waals surface area contributed by atoms with Crippen molar-refractivity contribution in [2.45, 2.75) is 6.92 Å². The lowest BCUT2D eigenvalue weighted by molar-refractivity contribution is 0.112. The molecule has 0 radical (unpaired) electrons. The quantitative estimate of drug-likeness (QED) is 0.704. The summed E-state index contributed by atoms with van der Waals surface area (Å²) in [4.78, 5) is 11.3. The number of aryl methyl sites for hydroxylation is 1. The lowest BCUT2D eigenvalue weighted by atomic mass is 10.1. The Bertz CT molecular complexity index is 473. The van der Waals surface area contributed by atoms with Crippen molar-refractivity contribution < 1.29 is 4.79 Å². The molecule has 1 aromatic heterocycles. The predicted molar refractivity (Wildman–Crippen MR) is 56.4 cm³/mol. The first-order valence-corrected chi connectivity index (χ1v) is 4.78. The van der Waals surface area contributed by atoms with E-state index in [4.69, 9.17) is 5.73 Å². The van der Waals surface area contributed by atoms with Crippen LogP contribution >= 0.6 is 11.3 Å². The number of hydrogen-bond donors (Lipinski definition) is 1. The maximum Gasteiger partial charge on any atom is 0.162 e. The van der Waals surface area contributed by atoms with Crippen LogP contribution in [0.2, 0.25) is 0 Å². The molecule has 0 fully saturated rings. The highest BCUT2D eigenvalue weighted by Gasteiger charge is 2.08. The predicted octanol–water partition coefficient (Wildman–Crippen LogP) is 2.60. The number of fused-ring (bicyclic) bond motifs is 1. The fourth-order valence-corrected chi connectivity index (χ4v) is 2.39. The highest BCUT2D eigenvalue weighted by molar-refractivity contribution is 7.21. The number of aldehydes is 1. The molecule has 0 amide bonds. The van der Waals surface area contributed by atoms with Crippen molar-refractivity contribution in [3.8, 4) is 0 Å². The standard InChI is InChI=1S/C10H9NOS/c1-6-3-2-4-7-9(11)8(5-12)13-10(6)7/h2-5H,11H2,1H3. The zero-order valence-corrected chi connectivity index (χ0v) is 8.02. The third-order valence-corrected chi connectivity index (χ3v) is 3.37. The molecule has 0 saturated carbocycles. The molecule has 2 aromatic rings. The molecule has 0 aliphatic heterocycles. The van der Waals surface area contributed by atoms with Crippen molar-refractivity contribution in [1.29, 1.82) is 0 Å². The second-order valence-corrected chi connectivity index (χ2v) is 4.00. The van der Waals surface area contributed by atoms with E-state index in [1.165, 1.54) is 16.9 Å². The van der Waals surface area contributed by atoms with Gasteiger partial charge in [0.1, 0.15) is 0 Å². The van der Waals surface area contributed by atoms with Gasteiger partial charge in [-0.2, -0.15) is 0 Å². The highest BCUT2D eigenvalue weighted by atomic mass is 32.1. The molecule has 2 nitrogen and oxygen atoms in total. The molecule has 2 N–H and O–H groups in total. The van der Waals surface area contributed by atoms with E-state index >= 15 is 0 Å². The van der Waals surface area contributed by atoms with Crippen molar-refractivity contribution in [3.63, 3.8) is 0 Å². The van der Waals surface area contributed by atoms with E-state index in [0.29, 0.717) is 10.6 Å². The molecule has 66 valence electrons. The van der Waals surface area contributed by atoms with Crippen LogP contribution in [-0.4, -0.2) is 6.29 Å². The molecular weight excluding hydrogens is 182 g/mol. The van der Waals surface area contributed by atoms with E-state index in [-0.39, 0.29) is 0 Å². The number of hydrogen-bond acceptors (Lipinski definition) is 3. The van der Waals surface area contributed by atoms with Crippen LogP contribution in [0.25, 0.3) is 10.1 Å². The summed E-state index contributed by atoms with van der Waals surface area (Å²) in [5.41, 5.74) is 7.58. The summed E-state index contributed by atoms with van der Waals surface area (Å²) in [6.07, 6.45) is 0.819. The number of carbonyl (C=O) groups is 1. The van der Waals surface area contributed by atoms with Gasteiger partial charge in [0.05, 0.1) is 10.6 Å². The third-order valence-electron chi connectivity index (χ3n) is 2.09. The molecule has 0 aliphatic carbocycles. The van der Waals surface area contributed by atoms with Crippen molar-refractivity contribution in [1.82, 2.24) is 0 Å². The maximum atomic E-state index is 10.6. The highest BCUT2D eigenvalue weighted by Crippen LogP contribution is 2.34. The van der Waals surface area contributed by atoms with E-state index in [0.717, 1.165) is 16.4 Å². The van der Waals surface area contributed by atoms with E-state index < -0.39 is 0 Å². The Labute approximate surface area is 80.0 Å². The van der Waals surface area contributed by atoms with Crippen LogP contribution in [0.4, 0.5) is 5.69 Å². The second kappa shape index (κ2) is 2.85. The Morgan fingerprint density at radius 3 is 2.85 bits per heavy atom. The number of thiophene rings is 1. The van der Waals surface area contributed by atoms with Crippen LogP contribution < -0.4 is 5.73 Å². The molecule has 0 spiro atoms. The van der Waals surface area contributed by atoms with Gasteiger partial charge < -0.3 is 5.73 Å². The second-order valence-electron chi connectivity index (χ2n) is 2.95. The van der Waals surface area contributed by atoms with Gasteiger partial charge in [0.25, 0.3) is 0 Å². The van der Waals surface area contributed by atoms with Crippen molar-refractivity contribution in [2.24, 2.45) is 0 Å². The lowest BCUT2D eigenvalue weighted by Crippen LogP contribution is -1.86. The number of benzene rings is 1. The zero-order chi connectivity index (χ0) is 9.42. The number of carbonyl (C=O) groups excluding carboxylic acids is 1. The smallest absolute Gasteiger partial charge is 0.162 e. The molecular formula is C10H9NOS. The average Bonchev–Trinajstić information content (AvgIpc) is 2.45. The van der Waals surface area contributed by atoms with Crippen molar-refractivity contribution in [3.05, 3.63) is 28.6 Å². The number of anilines is 1. The molecule has 13 heavy (non-hydrogen) atoms. The topological polar surface area (TPSA) is 43.1 Å². The fourth-order valence-electron chi connectivity index (χ4n) is 1.39. The molecule has 1 heterocycles. The molecule has 0 saturated heterocycles. The Morgan fingerprint density at radius 1 is 1.46 bits per heavy atom. The Hall–Kier alpha value is -1.35. The molecule has 1 aromatic carbocycles. The van der Waals surface area contributed by atoms with Gasteiger partial charge in [-0.25, -0.2) is 0 Å². The summed E-state index contributed by atoms with van der Waals surface area (Å²) in [6.45, 7) is 2.02. The van der Waals surface area contributed by atoms with Crippen LogP contribution in [0, 0.1) is 6.92 Å². The number of nitrogens with two attached hydrogens (primary N) is 1. The lowest BCUT2D eigenvalue weighted by Gasteiger charge is -1.93. The fraction of sp³-hybridized carbons (Fsp3) is 0.100. The average molecular weight is 191 g/mol. The summed E-state index contributed by atoms with van der Waals surface area (Å²) in [5.74, 6) is 0. The third kappa shape index (κ3) is 1.12. The molecule has 2 rings (SSSR count). The van der Waals surface area contributed by atoms with E-state index in [2.05, 4.69) is 0 Å². The van der Waals surface area contributed by atoms with Crippen LogP contribution in [0.5, 0.6) is 0 Å². The Morgan fingerprint density at radius 2 is 2.23 bits per heavy atom. The molecule has 0 aliphatic rings. The van der Waals surface area contributed by atoms with Crippen molar-refractivity contribution >= 4 is 33.4 Å². The van der Waals surface area contributed by atoms with Gasteiger partial charge in [0.15, 0.2) is 6.29 Å². The molecule has 0 atom stereocenters. The van der Waals surface area contributed by atoms with Gasteiger partial charge in [0, 0.05) is 10.1 Å². The van der Waals surface area contributed by atoms with Crippen LogP contribution in [0.3, 0.4) is 0 Å². The summed E-state index contributed by atoms with van der Waals surface area (Å²) in [5, 5.41) is 0.993. The summed E-state index contributed by atoms with van der Waals surface area (Å²) in [7, 11) is 0. The maximum absolute atomic E-state index is 10.6. The normalized spacial score (nSPS) is 10.5. The number of rotatable bonds is 1. The zero-order valence-electron chi connectivity index (χ0n) is 7.20. The molecule has 0 unspecified atom stereocenters. The Balaban J connectivity index is 2.91. The van der Waals surface area contributed by atoms with Gasteiger partial charge >= 0.3 is 0 Å². The first kappa shape index (κ1) is 8.26. The van der Waals surface area contributed by atoms with E-state index in [9.17, 15) is 4.79 Å².